The van der Waals surface area contributed by atoms with E-state index in [9.17, 15) is 24.3 Å². The number of rotatable bonds is 9. The summed E-state index contributed by atoms with van der Waals surface area (Å²) in [4.78, 5) is 63.7. The Hall–Kier alpha value is -3.81. The molecule has 4 heterocycles. The number of nitrogens with two attached hydrogens (primary N) is 3. The second-order valence-electron chi connectivity index (χ2n) is 8.69. The van der Waals surface area contributed by atoms with Crippen molar-refractivity contribution in [2.75, 3.05) is 23.8 Å². The summed E-state index contributed by atoms with van der Waals surface area (Å²) in [6.45, 7) is 3.40. The number of anilines is 1. The van der Waals surface area contributed by atoms with Crippen LogP contribution < -0.4 is 22.6 Å². The van der Waals surface area contributed by atoms with E-state index in [1.807, 2.05) is 0 Å². The lowest BCUT2D eigenvalue weighted by molar-refractivity contribution is -0.150. The highest BCUT2D eigenvalue weighted by molar-refractivity contribution is 8.14. The highest BCUT2D eigenvalue weighted by atomic mass is 32.2. The maximum absolute atomic E-state index is 13.1. The number of aliphatic carboxylic acids is 2. The fourth-order valence-electron chi connectivity index (χ4n) is 3.72. The predicted octanol–water partition coefficient (Wildman–Crippen LogP) is -0.874. The van der Waals surface area contributed by atoms with E-state index in [1.54, 1.807) is 6.92 Å². The van der Waals surface area contributed by atoms with Crippen LogP contribution in [0.5, 0.6) is 0 Å². The molecule has 0 radical (unpaired) electrons. The van der Waals surface area contributed by atoms with E-state index in [4.69, 9.17) is 27.3 Å². The second kappa shape index (κ2) is 11.7. The molecule has 2 amide bonds. The number of thiazole rings is 1. The van der Waals surface area contributed by atoms with Crippen LogP contribution >= 0.6 is 34.9 Å². The van der Waals surface area contributed by atoms with Crippen LogP contribution in [0.4, 0.5) is 5.13 Å². The normalized spacial score (nSPS) is 21.9. The molecular formula is C21H25N9O7S3. The fourth-order valence-corrected chi connectivity index (χ4v) is 6.67. The Morgan fingerprint density at radius 2 is 2.08 bits per heavy atom. The molecule has 1 fully saturated rings. The smallest absolute Gasteiger partial charge is 0.352 e. The predicted molar refractivity (Wildman–Crippen MR) is 149 cm³/mol. The van der Waals surface area contributed by atoms with E-state index < -0.39 is 41.3 Å². The molecule has 4 rings (SSSR count). The highest BCUT2D eigenvalue weighted by Gasteiger charge is 2.54. The van der Waals surface area contributed by atoms with E-state index in [0.717, 1.165) is 21.8 Å². The Morgan fingerprint density at radius 3 is 2.70 bits per heavy atom. The summed E-state index contributed by atoms with van der Waals surface area (Å²) < 4.78 is 0. The number of aromatic nitrogens is 1. The number of carbonyl (C=O) groups excluding carboxylic acids is 2. The molecule has 1 aromatic rings. The van der Waals surface area contributed by atoms with Crippen molar-refractivity contribution in [3.63, 3.8) is 0 Å². The van der Waals surface area contributed by atoms with Crippen molar-refractivity contribution in [2.45, 2.75) is 31.4 Å². The molecule has 0 bridgehead atoms. The number of hydrogen-bond acceptors (Lipinski definition) is 15. The van der Waals surface area contributed by atoms with E-state index in [2.05, 4.69) is 20.4 Å². The van der Waals surface area contributed by atoms with Gasteiger partial charge in [-0.15, -0.1) is 23.1 Å². The Balaban J connectivity index is 1.50. The maximum Gasteiger partial charge on any atom is 0.352 e. The van der Waals surface area contributed by atoms with Crippen LogP contribution in [0.1, 0.15) is 19.5 Å². The van der Waals surface area contributed by atoms with Gasteiger partial charge < -0.3 is 31.8 Å². The Bertz CT molecular complexity index is 1390. The van der Waals surface area contributed by atoms with Crippen molar-refractivity contribution in [1.82, 2.24) is 20.2 Å². The number of carboxylic acid groups (broad SMARTS) is 2. The number of nitrogens with one attached hydrogen (secondary N) is 1. The van der Waals surface area contributed by atoms with Crippen molar-refractivity contribution in [3.8, 4) is 0 Å². The number of hydrogen-bond donors (Lipinski definition) is 6. The zero-order valence-corrected chi connectivity index (χ0v) is 23.5. The third-order valence-electron chi connectivity index (χ3n) is 5.85. The number of fused-ring (bicyclic) bond motifs is 1. The van der Waals surface area contributed by atoms with Crippen LogP contribution in [0.15, 0.2) is 38.2 Å². The molecule has 9 N–H and O–H groups in total. The summed E-state index contributed by atoms with van der Waals surface area (Å²) in [5.41, 5.74) is 12.3. The monoisotopic (exact) mass is 611 g/mol. The number of carboxylic acids is 2. The molecule has 3 aliphatic rings. The van der Waals surface area contributed by atoms with Crippen LogP contribution in [-0.2, 0) is 24.0 Å². The van der Waals surface area contributed by atoms with E-state index in [-0.39, 0.29) is 33.7 Å². The summed E-state index contributed by atoms with van der Waals surface area (Å²) in [6, 6.07) is -1.07. The van der Waals surface area contributed by atoms with Crippen LogP contribution in [0.2, 0.25) is 0 Å². The van der Waals surface area contributed by atoms with Gasteiger partial charge in [-0.05, 0) is 25.0 Å². The summed E-state index contributed by atoms with van der Waals surface area (Å²) in [7, 11) is 0. The van der Waals surface area contributed by atoms with Gasteiger partial charge in [0.2, 0.25) is 6.10 Å². The molecule has 214 valence electrons. The number of hydrazine groups is 1. The van der Waals surface area contributed by atoms with Crippen LogP contribution in [0.25, 0.3) is 0 Å². The van der Waals surface area contributed by atoms with Gasteiger partial charge in [-0.25, -0.2) is 25.4 Å². The first kappa shape index (κ1) is 29.2. The number of amides is 2. The Morgan fingerprint density at radius 1 is 1.35 bits per heavy atom. The molecule has 19 heteroatoms. The first-order chi connectivity index (χ1) is 18.9. The number of carbonyl (C=O) groups is 4. The first-order valence-corrected chi connectivity index (χ1v) is 14.4. The quantitative estimate of drug-likeness (QED) is 0.0859. The summed E-state index contributed by atoms with van der Waals surface area (Å²) in [5, 5.41) is 27.8. The molecule has 3 aliphatic heterocycles. The SMILES string of the molecule is CC1=C(N)N=C(SCC2=C(C(=O)O)N3C(=O)C(NC(=O)/C(=N\OC(C)C(=O)O)c4csc(N)n4)[C@@H]3SC2)N(N)C1. The second-order valence-corrected chi connectivity index (χ2v) is 11.6. The van der Waals surface area contributed by atoms with Gasteiger partial charge in [-0.2, -0.15) is 0 Å². The van der Waals surface area contributed by atoms with Gasteiger partial charge in [0.25, 0.3) is 11.8 Å². The largest absolute Gasteiger partial charge is 0.478 e. The van der Waals surface area contributed by atoms with Gasteiger partial charge in [0.15, 0.2) is 16.0 Å². The zero-order chi connectivity index (χ0) is 29.3. The van der Waals surface area contributed by atoms with Gasteiger partial charge >= 0.3 is 11.9 Å². The minimum absolute atomic E-state index is 0.0215. The van der Waals surface area contributed by atoms with E-state index in [1.165, 1.54) is 40.8 Å². The maximum atomic E-state index is 13.1. The van der Waals surface area contributed by atoms with Crippen LogP contribution in [0, 0.1) is 0 Å². The number of β-lactam (4-membered cyclic amide) rings is 1. The average Bonchev–Trinajstić information content (AvgIpc) is 3.33. The lowest BCUT2D eigenvalue weighted by Gasteiger charge is -2.49. The first-order valence-electron chi connectivity index (χ1n) is 11.5. The van der Waals surface area contributed by atoms with Gasteiger partial charge in [0.05, 0.1) is 6.54 Å². The Labute approximate surface area is 239 Å². The van der Waals surface area contributed by atoms with E-state index in [0.29, 0.717) is 23.1 Å². The molecule has 0 aromatic carbocycles. The number of aliphatic imine (C=N–C) groups is 1. The summed E-state index contributed by atoms with van der Waals surface area (Å²) in [5.74, 6) is 2.70. The van der Waals surface area contributed by atoms with Gasteiger partial charge in [0.1, 0.15) is 28.6 Å². The standard InChI is InChI=1S/C21H25N9O7S3/c1-7-3-29(24)21(27-14(7)22)40-5-9-4-38-17-12(16(32)30(17)13(9)19(35)36)26-15(31)11(10-6-39-20(23)25-10)28-37-8(2)18(33)34/h6,8,12,17H,3-5,22,24H2,1-2H3,(H2,23,25)(H,26,31)(H,33,34)(H,35,36)/b28-11-/t8?,12?,17-/m0/s1. The average molecular weight is 612 g/mol. The summed E-state index contributed by atoms with van der Waals surface area (Å²) >= 11 is 3.49. The highest BCUT2D eigenvalue weighted by Crippen LogP contribution is 2.41. The van der Waals surface area contributed by atoms with Crippen molar-refractivity contribution in [1.29, 1.82) is 0 Å². The molecule has 0 aliphatic carbocycles. The number of nitrogen functional groups attached to an aromatic ring is 1. The van der Waals surface area contributed by atoms with Crippen molar-refractivity contribution >= 4 is 74.6 Å². The third kappa shape index (κ3) is 5.86. The molecule has 0 saturated carbocycles. The minimum Gasteiger partial charge on any atom is -0.478 e. The molecule has 16 nitrogen and oxygen atoms in total. The number of nitrogens with zero attached hydrogens (tertiary/aromatic N) is 5. The fraction of sp³-hybridized carbons (Fsp3) is 0.381. The molecule has 3 atom stereocenters. The molecule has 0 spiro atoms. The molecular weight excluding hydrogens is 586 g/mol. The minimum atomic E-state index is -1.37. The van der Waals surface area contributed by atoms with Crippen molar-refractivity contribution in [3.05, 3.63) is 33.7 Å². The summed E-state index contributed by atoms with van der Waals surface area (Å²) in [6.07, 6.45) is -1.37. The topological polar surface area (TPSA) is 252 Å². The molecule has 1 saturated heterocycles. The Kier molecular flexibility index (Phi) is 8.57. The lowest BCUT2D eigenvalue weighted by atomic mass is 10.0. The molecule has 2 unspecified atom stereocenters. The zero-order valence-electron chi connectivity index (χ0n) is 21.1. The van der Waals surface area contributed by atoms with Crippen LogP contribution in [-0.4, -0.2) is 95.3 Å². The van der Waals surface area contributed by atoms with Crippen LogP contribution in [0.3, 0.4) is 0 Å². The van der Waals surface area contributed by atoms with E-state index >= 15 is 0 Å². The van der Waals surface area contributed by atoms with Gasteiger partial charge in [-0.3, -0.25) is 19.5 Å². The van der Waals surface area contributed by atoms with Gasteiger partial charge in [0, 0.05) is 16.9 Å². The molecule has 1 aromatic heterocycles. The van der Waals surface area contributed by atoms with Gasteiger partial charge in [-0.1, -0.05) is 16.9 Å². The number of amidine groups is 1. The third-order valence-corrected chi connectivity index (χ3v) is 8.94. The molecule has 40 heavy (non-hydrogen) atoms. The number of oxime groups is 1. The van der Waals surface area contributed by atoms with Crippen molar-refractivity contribution < 1.29 is 34.2 Å². The lowest BCUT2D eigenvalue weighted by Crippen LogP contribution is -2.71. The van der Waals surface area contributed by atoms with Crippen molar-refractivity contribution in [2.24, 2.45) is 21.7 Å². The number of thioether (sulfide) groups is 2.